The standard InChI is InChI=1S/C18H19N5O2S.C2HF3O2/c1-2-14-15(19-12-25-14)17(24)22-8-10-23(11-9-22)18-20-16(21-26-18)13-6-4-3-5-7-13;3-2(4,5)1(6)7/h3-7,12H,2,8-11H2,1H3;(H,6,7). The van der Waals surface area contributed by atoms with Crippen LogP contribution in [0.4, 0.5) is 18.3 Å². The van der Waals surface area contributed by atoms with Crippen LogP contribution >= 0.6 is 11.5 Å². The summed E-state index contributed by atoms with van der Waals surface area (Å²) < 4.78 is 41.5. The first-order valence-electron chi connectivity index (χ1n) is 9.86. The van der Waals surface area contributed by atoms with Gasteiger partial charge in [-0.15, -0.1) is 0 Å². The lowest BCUT2D eigenvalue weighted by Gasteiger charge is -2.34. The van der Waals surface area contributed by atoms with Gasteiger partial charge in [0.05, 0.1) is 0 Å². The zero-order valence-electron chi connectivity index (χ0n) is 17.4. The van der Waals surface area contributed by atoms with Crippen molar-refractivity contribution in [2.45, 2.75) is 19.5 Å². The summed E-state index contributed by atoms with van der Waals surface area (Å²) in [6.07, 6.45) is -3.08. The van der Waals surface area contributed by atoms with E-state index in [1.165, 1.54) is 17.9 Å². The number of hydrogen-bond acceptors (Lipinski definition) is 8. The van der Waals surface area contributed by atoms with Gasteiger partial charge in [0.2, 0.25) is 5.13 Å². The van der Waals surface area contributed by atoms with E-state index in [9.17, 15) is 18.0 Å². The number of amides is 1. The zero-order valence-corrected chi connectivity index (χ0v) is 18.3. The van der Waals surface area contributed by atoms with E-state index < -0.39 is 12.1 Å². The van der Waals surface area contributed by atoms with E-state index >= 15 is 0 Å². The van der Waals surface area contributed by atoms with E-state index in [1.54, 1.807) is 0 Å². The van der Waals surface area contributed by atoms with Gasteiger partial charge in [0.1, 0.15) is 5.76 Å². The van der Waals surface area contributed by atoms with Crippen LogP contribution in [0.15, 0.2) is 41.1 Å². The van der Waals surface area contributed by atoms with Crippen LogP contribution in [0.3, 0.4) is 0 Å². The SMILES string of the molecule is CCc1ocnc1C(=O)N1CCN(c2nc(-c3ccccc3)ns2)CC1.O=C(O)C(F)(F)F. The Morgan fingerprint density at radius 1 is 1.15 bits per heavy atom. The predicted octanol–water partition coefficient (Wildman–Crippen LogP) is 3.35. The molecule has 0 aliphatic carbocycles. The third kappa shape index (κ3) is 6.06. The molecule has 0 atom stereocenters. The molecule has 1 saturated heterocycles. The zero-order chi connectivity index (χ0) is 24.0. The molecule has 1 fully saturated rings. The third-order valence-electron chi connectivity index (χ3n) is 4.69. The second kappa shape index (κ2) is 10.4. The van der Waals surface area contributed by atoms with Gasteiger partial charge in [0, 0.05) is 49.7 Å². The number of carboxylic acid groups (broad SMARTS) is 1. The Labute approximate surface area is 190 Å². The summed E-state index contributed by atoms with van der Waals surface area (Å²) in [5.41, 5.74) is 1.45. The first-order chi connectivity index (χ1) is 15.7. The predicted molar refractivity (Wildman–Crippen MR) is 113 cm³/mol. The summed E-state index contributed by atoms with van der Waals surface area (Å²) >= 11 is 1.40. The highest BCUT2D eigenvalue weighted by Gasteiger charge is 2.38. The van der Waals surface area contributed by atoms with Gasteiger partial charge in [-0.2, -0.15) is 22.5 Å². The van der Waals surface area contributed by atoms with E-state index in [4.69, 9.17) is 14.3 Å². The van der Waals surface area contributed by atoms with Crippen LogP contribution in [-0.2, 0) is 11.2 Å². The number of carbonyl (C=O) groups is 2. The number of aliphatic carboxylic acids is 1. The lowest BCUT2D eigenvalue weighted by atomic mass is 10.2. The highest BCUT2D eigenvalue weighted by Crippen LogP contribution is 2.25. The number of rotatable bonds is 4. The average Bonchev–Trinajstić information content (AvgIpc) is 3.49. The topological polar surface area (TPSA) is 113 Å². The molecule has 1 aliphatic rings. The minimum Gasteiger partial charge on any atom is -0.475 e. The van der Waals surface area contributed by atoms with Crippen molar-refractivity contribution in [3.63, 3.8) is 0 Å². The lowest BCUT2D eigenvalue weighted by Crippen LogP contribution is -2.49. The summed E-state index contributed by atoms with van der Waals surface area (Å²) in [6.45, 7) is 4.68. The smallest absolute Gasteiger partial charge is 0.475 e. The van der Waals surface area contributed by atoms with Gasteiger partial charge in [0.25, 0.3) is 5.91 Å². The summed E-state index contributed by atoms with van der Waals surface area (Å²) in [7, 11) is 0. The Hall–Kier alpha value is -3.48. The quantitative estimate of drug-likeness (QED) is 0.601. The van der Waals surface area contributed by atoms with E-state index in [0.29, 0.717) is 31.0 Å². The number of piperazine rings is 1. The van der Waals surface area contributed by atoms with E-state index in [2.05, 4.69) is 19.2 Å². The van der Waals surface area contributed by atoms with Crippen molar-refractivity contribution >= 4 is 28.5 Å². The molecule has 1 aromatic carbocycles. The van der Waals surface area contributed by atoms with Crippen LogP contribution in [0.2, 0.25) is 0 Å². The number of alkyl halides is 3. The van der Waals surface area contributed by atoms with E-state index in [1.807, 2.05) is 42.2 Å². The molecule has 4 rings (SSSR count). The molecule has 1 N–H and O–H groups in total. The molecule has 2 aromatic heterocycles. The average molecular weight is 483 g/mol. The Bertz CT molecular complexity index is 1080. The fourth-order valence-electron chi connectivity index (χ4n) is 2.99. The second-order valence-electron chi connectivity index (χ2n) is 6.83. The van der Waals surface area contributed by atoms with Gasteiger partial charge in [0.15, 0.2) is 17.9 Å². The van der Waals surface area contributed by atoms with Gasteiger partial charge in [-0.3, -0.25) is 4.79 Å². The van der Waals surface area contributed by atoms with Crippen LogP contribution in [0, 0.1) is 0 Å². The molecule has 0 bridgehead atoms. The largest absolute Gasteiger partial charge is 0.490 e. The van der Waals surface area contributed by atoms with Gasteiger partial charge in [-0.1, -0.05) is 37.3 Å². The first-order valence-corrected chi connectivity index (χ1v) is 10.6. The summed E-state index contributed by atoms with van der Waals surface area (Å²) in [5, 5.41) is 8.02. The molecule has 9 nitrogen and oxygen atoms in total. The summed E-state index contributed by atoms with van der Waals surface area (Å²) in [4.78, 5) is 34.3. The number of nitrogens with zero attached hydrogens (tertiary/aromatic N) is 5. The number of aryl methyl sites for hydroxylation is 1. The van der Waals surface area contributed by atoms with Crippen molar-refractivity contribution in [2.24, 2.45) is 0 Å². The highest BCUT2D eigenvalue weighted by atomic mass is 32.1. The van der Waals surface area contributed by atoms with Crippen LogP contribution in [0.5, 0.6) is 0 Å². The van der Waals surface area contributed by atoms with Gasteiger partial charge in [-0.05, 0) is 0 Å². The number of benzene rings is 1. The third-order valence-corrected chi connectivity index (χ3v) is 5.47. The molecule has 3 heterocycles. The Kier molecular flexibility index (Phi) is 7.63. The highest BCUT2D eigenvalue weighted by molar-refractivity contribution is 7.09. The van der Waals surface area contributed by atoms with Crippen LogP contribution < -0.4 is 4.90 Å². The number of carbonyl (C=O) groups excluding carboxylic acids is 1. The lowest BCUT2D eigenvalue weighted by molar-refractivity contribution is -0.192. The van der Waals surface area contributed by atoms with Crippen molar-refractivity contribution < 1.29 is 32.3 Å². The fraction of sp³-hybridized carbons (Fsp3) is 0.350. The molecular formula is C20H20F3N5O4S. The molecule has 0 spiro atoms. The molecule has 1 amide bonds. The number of aromatic nitrogens is 3. The van der Waals surface area contributed by atoms with E-state index in [0.717, 1.165) is 29.6 Å². The number of halogens is 3. The summed E-state index contributed by atoms with van der Waals surface area (Å²) in [5.74, 6) is -1.42. The Morgan fingerprint density at radius 2 is 1.79 bits per heavy atom. The molecular weight excluding hydrogens is 463 g/mol. The number of carboxylic acids is 1. The number of oxazole rings is 1. The molecule has 0 saturated carbocycles. The molecule has 0 radical (unpaired) electrons. The van der Waals surface area contributed by atoms with Crippen LogP contribution in [0.25, 0.3) is 11.4 Å². The maximum Gasteiger partial charge on any atom is 0.490 e. The van der Waals surface area contributed by atoms with Crippen molar-refractivity contribution in [1.29, 1.82) is 0 Å². The Balaban J connectivity index is 0.000000383. The minimum absolute atomic E-state index is 0.0579. The molecule has 176 valence electrons. The summed E-state index contributed by atoms with van der Waals surface area (Å²) in [6, 6.07) is 9.95. The fourth-order valence-corrected chi connectivity index (χ4v) is 3.73. The van der Waals surface area contributed by atoms with E-state index in [-0.39, 0.29) is 5.91 Å². The van der Waals surface area contributed by atoms with Crippen LogP contribution in [0.1, 0.15) is 23.2 Å². The molecule has 1 aliphatic heterocycles. The van der Waals surface area contributed by atoms with Crippen molar-refractivity contribution in [3.8, 4) is 11.4 Å². The minimum atomic E-state index is -5.08. The van der Waals surface area contributed by atoms with Gasteiger partial charge < -0.3 is 19.3 Å². The maximum atomic E-state index is 12.6. The van der Waals surface area contributed by atoms with Crippen molar-refractivity contribution in [1.82, 2.24) is 19.2 Å². The molecule has 3 aromatic rings. The Morgan fingerprint density at radius 3 is 2.36 bits per heavy atom. The maximum absolute atomic E-state index is 12.6. The number of anilines is 1. The van der Waals surface area contributed by atoms with Crippen molar-refractivity contribution in [3.05, 3.63) is 48.2 Å². The van der Waals surface area contributed by atoms with Gasteiger partial charge >= 0.3 is 12.1 Å². The van der Waals surface area contributed by atoms with Crippen LogP contribution in [-0.4, -0.2) is 68.6 Å². The van der Waals surface area contributed by atoms with Crippen molar-refractivity contribution in [2.75, 3.05) is 31.1 Å². The molecule has 0 unspecified atom stereocenters. The normalized spacial score (nSPS) is 13.9. The molecule has 13 heteroatoms. The van der Waals surface area contributed by atoms with Gasteiger partial charge in [-0.25, -0.2) is 9.78 Å². The second-order valence-corrected chi connectivity index (χ2v) is 7.56. The monoisotopic (exact) mass is 483 g/mol. The first kappa shape index (κ1) is 24.2. The molecule has 33 heavy (non-hydrogen) atoms. The number of hydrogen-bond donors (Lipinski definition) is 1.